The van der Waals surface area contributed by atoms with Crippen molar-refractivity contribution in [3.05, 3.63) is 34.6 Å². The second-order valence-corrected chi connectivity index (χ2v) is 4.96. The molecule has 1 aromatic heterocycles. The van der Waals surface area contributed by atoms with Gasteiger partial charge in [-0.2, -0.15) is 4.98 Å². The van der Waals surface area contributed by atoms with E-state index in [0.717, 1.165) is 23.2 Å². The predicted molar refractivity (Wildman–Crippen MR) is 76.2 cm³/mol. The van der Waals surface area contributed by atoms with Gasteiger partial charge in [-0.05, 0) is 12.1 Å². The molecule has 1 saturated heterocycles. The van der Waals surface area contributed by atoms with Crippen LogP contribution in [0.15, 0.2) is 33.3 Å². The Morgan fingerprint density at radius 3 is 3.00 bits per heavy atom. The van der Waals surface area contributed by atoms with Crippen LogP contribution in [0.2, 0.25) is 0 Å². The molecule has 0 spiro atoms. The fraction of sp³-hybridized carbons (Fsp3) is 0.333. The Kier molecular flexibility index (Phi) is 4.93. The Bertz CT molecular complexity index is 543. The molecule has 1 atom stereocenters. The Labute approximate surface area is 125 Å². The van der Waals surface area contributed by atoms with Gasteiger partial charge in [0.05, 0.1) is 13.2 Å². The molecule has 3 rings (SSSR count). The van der Waals surface area contributed by atoms with E-state index in [1.807, 2.05) is 24.3 Å². The number of rotatable bonds is 2. The quantitative estimate of drug-likeness (QED) is 0.905. The van der Waals surface area contributed by atoms with Crippen molar-refractivity contribution >= 4 is 28.3 Å². The standard InChI is InChI=1S/C12H12BrN3O2.ClH/c13-9-3-1-2-8(6-9)11-15-12(18-16-11)10-7-17-5-4-14-10;/h1-3,6,10,14H,4-5,7H2;1H. The summed E-state index contributed by atoms with van der Waals surface area (Å²) >= 11 is 3.42. The molecular formula is C12H13BrClN3O2. The average molecular weight is 347 g/mol. The summed E-state index contributed by atoms with van der Waals surface area (Å²) < 4.78 is 11.6. The number of aromatic nitrogens is 2. The Morgan fingerprint density at radius 2 is 2.26 bits per heavy atom. The molecule has 7 heteroatoms. The number of halogens is 2. The van der Waals surface area contributed by atoms with Gasteiger partial charge in [-0.25, -0.2) is 0 Å². The van der Waals surface area contributed by atoms with Gasteiger partial charge in [0.25, 0.3) is 0 Å². The summed E-state index contributed by atoms with van der Waals surface area (Å²) in [5.74, 6) is 1.17. The minimum Gasteiger partial charge on any atom is -0.378 e. The maximum atomic E-state index is 5.37. The van der Waals surface area contributed by atoms with Crippen LogP contribution in [-0.2, 0) is 4.74 Å². The van der Waals surface area contributed by atoms with Gasteiger partial charge in [0.1, 0.15) is 6.04 Å². The molecule has 1 aliphatic rings. The van der Waals surface area contributed by atoms with Crippen LogP contribution in [0.3, 0.4) is 0 Å². The van der Waals surface area contributed by atoms with Crippen LogP contribution in [0.25, 0.3) is 11.4 Å². The summed E-state index contributed by atoms with van der Waals surface area (Å²) in [6, 6.07) is 7.80. The molecule has 19 heavy (non-hydrogen) atoms. The minimum absolute atomic E-state index is 0. The Hall–Kier alpha value is -0.950. The van der Waals surface area contributed by atoms with Crippen molar-refractivity contribution in [3.8, 4) is 11.4 Å². The second-order valence-electron chi connectivity index (χ2n) is 4.05. The van der Waals surface area contributed by atoms with Crippen molar-refractivity contribution < 1.29 is 9.26 Å². The highest BCUT2D eigenvalue weighted by atomic mass is 79.9. The topological polar surface area (TPSA) is 60.2 Å². The van der Waals surface area contributed by atoms with E-state index >= 15 is 0 Å². The number of nitrogens with zero attached hydrogens (tertiary/aromatic N) is 2. The molecular weight excluding hydrogens is 334 g/mol. The van der Waals surface area contributed by atoms with Crippen LogP contribution in [0.4, 0.5) is 0 Å². The van der Waals surface area contributed by atoms with E-state index in [4.69, 9.17) is 9.26 Å². The molecule has 0 aliphatic carbocycles. The molecule has 0 saturated carbocycles. The smallest absolute Gasteiger partial charge is 0.246 e. The molecule has 0 bridgehead atoms. The van der Waals surface area contributed by atoms with E-state index < -0.39 is 0 Å². The Balaban J connectivity index is 0.00000133. The van der Waals surface area contributed by atoms with E-state index in [0.29, 0.717) is 18.3 Å². The van der Waals surface area contributed by atoms with Crippen LogP contribution >= 0.6 is 28.3 Å². The van der Waals surface area contributed by atoms with Gasteiger partial charge in [-0.1, -0.05) is 33.2 Å². The maximum Gasteiger partial charge on any atom is 0.246 e. The van der Waals surface area contributed by atoms with Gasteiger partial charge in [-0.3, -0.25) is 0 Å². The van der Waals surface area contributed by atoms with Crippen molar-refractivity contribution in [1.29, 1.82) is 0 Å². The minimum atomic E-state index is -0.00727. The predicted octanol–water partition coefficient (Wildman–Crippen LogP) is 2.58. The second kappa shape index (κ2) is 6.47. The number of hydrogen-bond donors (Lipinski definition) is 1. The summed E-state index contributed by atoms with van der Waals surface area (Å²) in [5.41, 5.74) is 0.927. The molecule has 0 radical (unpaired) electrons. The van der Waals surface area contributed by atoms with Crippen molar-refractivity contribution in [1.82, 2.24) is 15.5 Å². The summed E-state index contributed by atoms with van der Waals surface area (Å²) in [7, 11) is 0. The molecule has 102 valence electrons. The molecule has 1 aliphatic heterocycles. The molecule has 1 unspecified atom stereocenters. The first-order valence-electron chi connectivity index (χ1n) is 5.73. The highest BCUT2D eigenvalue weighted by molar-refractivity contribution is 9.10. The average Bonchev–Trinajstić information content (AvgIpc) is 2.89. The van der Waals surface area contributed by atoms with Gasteiger partial charge in [0.2, 0.25) is 11.7 Å². The third kappa shape index (κ3) is 3.33. The molecule has 2 aromatic rings. The summed E-state index contributed by atoms with van der Waals surface area (Å²) in [6.07, 6.45) is 0. The Morgan fingerprint density at radius 1 is 1.37 bits per heavy atom. The molecule has 5 nitrogen and oxygen atoms in total. The first kappa shape index (κ1) is 14.5. The first-order chi connectivity index (χ1) is 8.83. The van der Waals surface area contributed by atoms with E-state index in [2.05, 4.69) is 31.4 Å². The maximum absolute atomic E-state index is 5.37. The van der Waals surface area contributed by atoms with Crippen LogP contribution in [-0.4, -0.2) is 29.9 Å². The van der Waals surface area contributed by atoms with Crippen molar-refractivity contribution in [3.63, 3.8) is 0 Å². The van der Waals surface area contributed by atoms with Gasteiger partial charge < -0.3 is 14.6 Å². The van der Waals surface area contributed by atoms with Gasteiger partial charge >= 0.3 is 0 Å². The van der Waals surface area contributed by atoms with Gasteiger partial charge in [0, 0.05) is 16.6 Å². The third-order valence-corrected chi connectivity index (χ3v) is 3.24. The van der Waals surface area contributed by atoms with E-state index in [1.54, 1.807) is 0 Å². The van der Waals surface area contributed by atoms with E-state index in [-0.39, 0.29) is 18.4 Å². The molecule has 1 fully saturated rings. The summed E-state index contributed by atoms with van der Waals surface area (Å²) in [4.78, 5) is 4.40. The zero-order valence-corrected chi connectivity index (χ0v) is 12.4. The van der Waals surface area contributed by atoms with Crippen molar-refractivity contribution in [2.24, 2.45) is 0 Å². The lowest BCUT2D eigenvalue weighted by Gasteiger charge is -2.20. The number of morpholine rings is 1. The lowest BCUT2D eigenvalue weighted by atomic mass is 10.2. The normalized spacial score (nSPS) is 18.9. The zero-order chi connectivity index (χ0) is 12.4. The van der Waals surface area contributed by atoms with Crippen molar-refractivity contribution in [2.75, 3.05) is 19.8 Å². The molecule has 1 N–H and O–H groups in total. The highest BCUT2D eigenvalue weighted by Gasteiger charge is 2.21. The van der Waals surface area contributed by atoms with Crippen LogP contribution in [0, 0.1) is 0 Å². The zero-order valence-electron chi connectivity index (χ0n) is 10.0. The lowest BCUT2D eigenvalue weighted by Crippen LogP contribution is -2.34. The van der Waals surface area contributed by atoms with Crippen LogP contribution in [0.5, 0.6) is 0 Å². The van der Waals surface area contributed by atoms with Crippen LogP contribution in [0.1, 0.15) is 11.9 Å². The third-order valence-electron chi connectivity index (χ3n) is 2.74. The van der Waals surface area contributed by atoms with Crippen LogP contribution < -0.4 is 5.32 Å². The monoisotopic (exact) mass is 345 g/mol. The van der Waals surface area contributed by atoms with E-state index in [1.165, 1.54) is 0 Å². The lowest BCUT2D eigenvalue weighted by molar-refractivity contribution is 0.0659. The molecule has 0 amide bonds. The number of benzene rings is 1. The highest BCUT2D eigenvalue weighted by Crippen LogP contribution is 2.22. The van der Waals surface area contributed by atoms with Crippen molar-refractivity contribution in [2.45, 2.75) is 6.04 Å². The SMILES string of the molecule is Brc1cccc(-c2noc(C3COCCN3)n2)c1.Cl. The molecule has 2 heterocycles. The number of hydrogen-bond acceptors (Lipinski definition) is 5. The number of nitrogens with one attached hydrogen (secondary N) is 1. The fourth-order valence-corrected chi connectivity index (χ4v) is 2.24. The number of ether oxygens (including phenoxy) is 1. The summed E-state index contributed by atoms with van der Waals surface area (Å²) in [5, 5.41) is 7.28. The summed E-state index contributed by atoms with van der Waals surface area (Å²) in [6.45, 7) is 2.10. The molecule has 1 aromatic carbocycles. The van der Waals surface area contributed by atoms with E-state index in [9.17, 15) is 0 Å². The largest absolute Gasteiger partial charge is 0.378 e. The van der Waals surface area contributed by atoms with Gasteiger partial charge in [0.15, 0.2) is 0 Å². The fourth-order valence-electron chi connectivity index (χ4n) is 1.85. The first-order valence-corrected chi connectivity index (χ1v) is 6.53. The van der Waals surface area contributed by atoms with Gasteiger partial charge in [-0.15, -0.1) is 12.4 Å².